The van der Waals surface area contributed by atoms with E-state index in [1.165, 1.54) is 12.8 Å². The summed E-state index contributed by atoms with van der Waals surface area (Å²) >= 11 is 0. The van der Waals surface area contributed by atoms with E-state index in [0.717, 1.165) is 43.0 Å². The number of anilines is 1. The van der Waals surface area contributed by atoms with Gasteiger partial charge in [0.1, 0.15) is 12.3 Å². The Morgan fingerprint density at radius 2 is 1.89 bits per heavy atom. The van der Waals surface area contributed by atoms with E-state index in [9.17, 15) is 13.2 Å². The van der Waals surface area contributed by atoms with Crippen molar-refractivity contribution in [3.05, 3.63) is 24.3 Å². The lowest BCUT2D eigenvalue weighted by Gasteiger charge is -2.22. The zero-order valence-corrected chi connectivity index (χ0v) is 17.1. The average molecular weight is 398 g/mol. The molecule has 1 heterocycles. The molecule has 1 fully saturated rings. The summed E-state index contributed by atoms with van der Waals surface area (Å²) in [5.41, 5.74) is 0.452. The van der Waals surface area contributed by atoms with Gasteiger partial charge in [0.25, 0.3) is 0 Å². The number of hydrogen-bond acceptors (Lipinski definition) is 5. The quantitative estimate of drug-likeness (QED) is 0.577. The van der Waals surface area contributed by atoms with Gasteiger partial charge in [-0.05, 0) is 69.6 Å². The summed E-state index contributed by atoms with van der Waals surface area (Å²) in [5, 5.41) is 2.82. The van der Waals surface area contributed by atoms with Crippen molar-refractivity contribution in [2.45, 2.75) is 32.6 Å². The molecule has 0 aromatic heterocycles. The van der Waals surface area contributed by atoms with Crippen LogP contribution in [0.1, 0.15) is 32.6 Å². The van der Waals surface area contributed by atoms with E-state index in [4.69, 9.17) is 4.74 Å². The van der Waals surface area contributed by atoms with Gasteiger partial charge in [-0.1, -0.05) is 6.92 Å². The molecule has 1 saturated heterocycles. The van der Waals surface area contributed by atoms with E-state index in [-0.39, 0.29) is 12.5 Å². The second-order valence-electron chi connectivity index (χ2n) is 6.86. The Morgan fingerprint density at radius 3 is 2.48 bits per heavy atom. The lowest BCUT2D eigenvalue weighted by molar-refractivity contribution is -0.119. The summed E-state index contributed by atoms with van der Waals surface area (Å²) in [5.74, 6) is 0.383. The summed E-state index contributed by atoms with van der Waals surface area (Å²) in [6, 6.07) is 6.76. The third-order valence-electron chi connectivity index (χ3n) is 4.46. The van der Waals surface area contributed by atoms with Gasteiger partial charge in [-0.3, -0.25) is 9.10 Å². The minimum atomic E-state index is -3.56. The molecular formula is C19H31N3O4S. The summed E-state index contributed by atoms with van der Waals surface area (Å²) in [4.78, 5) is 14.6. The van der Waals surface area contributed by atoms with Crippen LogP contribution in [0.3, 0.4) is 0 Å². The van der Waals surface area contributed by atoms with Crippen molar-refractivity contribution >= 4 is 21.6 Å². The molecule has 0 atom stereocenters. The van der Waals surface area contributed by atoms with Gasteiger partial charge in [0.15, 0.2) is 0 Å². The van der Waals surface area contributed by atoms with Crippen LogP contribution in [0.2, 0.25) is 0 Å². The first-order valence-corrected chi connectivity index (χ1v) is 11.4. The minimum Gasteiger partial charge on any atom is -0.494 e. The molecule has 1 aliphatic rings. The maximum absolute atomic E-state index is 12.2. The molecule has 7 nitrogen and oxygen atoms in total. The second kappa shape index (κ2) is 10.5. The van der Waals surface area contributed by atoms with Gasteiger partial charge in [-0.15, -0.1) is 0 Å². The van der Waals surface area contributed by atoms with Crippen molar-refractivity contribution in [1.29, 1.82) is 0 Å². The van der Waals surface area contributed by atoms with Crippen molar-refractivity contribution in [2.24, 2.45) is 0 Å². The largest absolute Gasteiger partial charge is 0.494 e. The van der Waals surface area contributed by atoms with Crippen LogP contribution in [0.25, 0.3) is 0 Å². The molecule has 0 unspecified atom stereocenters. The number of carbonyl (C=O) groups is 1. The van der Waals surface area contributed by atoms with Crippen LogP contribution in [0.5, 0.6) is 5.75 Å². The van der Waals surface area contributed by atoms with Crippen molar-refractivity contribution in [3.63, 3.8) is 0 Å². The zero-order chi connectivity index (χ0) is 19.7. The number of ether oxygens (including phenoxy) is 1. The maximum atomic E-state index is 12.2. The van der Waals surface area contributed by atoms with Gasteiger partial charge in [0.05, 0.1) is 18.6 Å². The Bertz CT molecular complexity index is 685. The lowest BCUT2D eigenvalue weighted by atomic mass is 10.3. The number of sulfonamides is 1. The van der Waals surface area contributed by atoms with Crippen molar-refractivity contribution in [3.8, 4) is 5.75 Å². The smallest absolute Gasteiger partial charge is 0.240 e. The molecule has 2 rings (SSSR count). The first-order valence-electron chi connectivity index (χ1n) is 9.60. The molecule has 0 aliphatic carbocycles. The number of amides is 1. The Balaban J connectivity index is 1.86. The monoisotopic (exact) mass is 397 g/mol. The van der Waals surface area contributed by atoms with Crippen LogP contribution in [-0.4, -0.2) is 64.8 Å². The first-order chi connectivity index (χ1) is 12.9. The van der Waals surface area contributed by atoms with Gasteiger partial charge < -0.3 is 15.0 Å². The average Bonchev–Trinajstić information content (AvgIpc) is 3.15. The Kier molecular flexibility index (Phi) is 8.37. The highest BCUT2D eigenvalue weighted by Crippen LogP contribution is 2.21. The Labute approximate surface area is 162 Å². The fourth-order valence-corrected chi connectivity index (χ4v) is 3.91. The molecule has 0 spiro atoms. The Hall–Kier alpha value is -1.80. The van der Waals surface area contributed by atoms with Crippen molar-refractivity contribution in [2.75, 3.05) is 49.9 Å². The van der Waals surface area contributed by atoms with Gasteiger partial charge >= 0.3 is 0 Å². The third-order valence-corrected chi connectivity index (χ3v) is 5.60. The lowest BCUT2D eigenvalue weighted by Crippen LogP contribution is -2.41. The standard InChI is InChI=1S/C19H31N3O4S/c1-3-15-26-18-9-7-17(8-10-18)22(27(2,24)25)16-19(23)20-11-6-14-21-12-4-5-13-21/h7-10H,3-6,11-16H2,1-2H3,(H,20,23). The van der Waals surface area contributed by atoms with E-state index in [2.05, 4.69) is 10.2 Å². The third kappa shape index (κ3) is 7.38. The predicted molar refractivity (Wildman–Crippen MR) is 108 cm³/mol. The molecule has 27 heavy (non-hydrogen) atoms. The number of likely N-dealkylation sites (tertiary alicyclic amines) is 1. The molecule has 152 valence electrons. The molecule has 1 N–H and O–H groups in total. The SMILES string of the molecule is CCCOc1ccc(N(CC(=O)NCCCN2CCCC2)S(C)(=O)=O)cc1. The van der Waals surface area contributed by atoms with Crippen LogP contribution in [0.4, 0.5) is 5.69 Å². The molecule has 1 amide bonds. The molecular weight excluding hydrogens is 366 g/mol. The van der Waals surface area contributed by atoms with Crippen molar-refractivity contribution < 1.29 is 17.9 Å². The fraction of sp³-hybridized carbons (Fsp3) is 0.632. The highest BCUT2D eigenvalue weighted by atomic mass is 32.2. The Morgan fingerprint density at radius 1 is 1.22 bits per heavy atom. The van der Waals surface area contributed by atoms with E-state index in [1.54, 1.807) is 24.3 Å². The van der Waals surface area contributed by atoms with E-state index < -0.39 is 10.0 Å². The topological polar surface area (TPSA) is 79.0 Å². The molecule has 1 aliphatic heterocycles. The highest BCUT2D eigenvalue weighted by molar-refractivity contribution is 7.92. The summed E-state index contributed by atoms with van der Waals surface area (Å²) in [6.45, 7) is 6.18. The van der Waals surface area contributed by atoms with Crippen LogP contribution < -0.4 is 14.4 Å². The summed E-state index contributed by atoms with van der Waals surface area (Å²) in [7, 11) is -3.56. The molecule has 0 saturated carbocycles. The molecule has 0 bridgehead atoms. The number of nitrogens with zero attached hydrogens (tertiary/aromatic N) is 2. The molecule has 0 radical (unpaired) electrons. The van der Waals surface area contributed by atoms with Crippen LogP contribution in [-0.2, 0) is 14.8 Å². The number of carbonyl (C=O) groups excluding carboxylic acids is 1. The molecule has 1 aromatic carbocycles. The van der Waals surface area contributed by atoms with Gasteiger partial charge in [0, 0.05) is 6.54 Å². The maximum Gasteiger partial charge on any atom is 0.240 e. The minimum absolute atomic E-state index is 0.224. The van der Waals surface area contributed by atoms with E-state index >= 15 is 0 Å². The summed E-state index contributed by atoms with van der Waals surface area (Å²) < 4.78 is 30.9. The second-order valence-corrected chi connectivity index (χ2v) is 8.77. The van der Waals surface area contributed by atoms with E-state index in [0.29, 0.717) is 24.6 Å². The molecule has 8 heteroatoms. The predicted octanol–water partition coefficient (Wildman–Crippen LogP) is 1.84. The fourth-order valence-electron chi connectivity index (χ4n) is 3.05. The van der Waals surface area contributed by atoms with Crippen LogP contribution >= 0.6 is 0 Å². The van der Waals surface area contributed by atoms with Crippen LogP contribution in [0.15, 0.2) is 24.3 Å². The number of rotatable bonds is 11. The van der Waals surface area contributed by atoms with Gasteiger partial charge in [-0.25, -0.2) is 8.42 Å². The van der Waals surface area contributed by atoms with Crippen LogP contribution in [0, 0.1) is 0 Å². The highest BCUT2D eigenvalue weighted by Gasteiger charge is 2.21. The number of hydrogen-bond donors (Lipinski definition) is 1. The number of benzene rings is 1. The number of nitrogens with one attached hydrogen (secondary N) is 1. The van der Waals surface area contributed by atoms with Gasteiger partial charge in [0.2, 0.25) is 15.9 Å². The zero-order valence-electron chi connectivity index (χ0n) is 16.3. The van der Waals surface area contributed by atoms with Crippen molar-refractivity contribution in [1.82, 2.24) is 10.2 Å². The summed E-state index contributed by atoms with van der Waals surface area (Å²) in [6.07, 6.45) is 5.37. The normalized spacial score (nSPS) is 14.9. The van der Waals surface area contributed by atoms with Gasteiger partial charge in [-0.2, -0.15) is 0 Å². The van der Waals surface area contributed by atoms with E-state index in [1.807, 2.05) is 6.92 Å². The molecule has 1 aromatic rings. The first kappa shape index (κ1) is 21.5.